The molecule has 0 aromatic carbocycles. The van der Waals surface area contributed by atoms with E-state index in [0.717, 1.165) is 6.42 Å². The standard InChI is InChI=1S/C12H21N5OS/c1-8-5-4-6-10(9(8)2)13-11(18)7-19-12-14-15-16-17(12)3/h8-10H,4-7H2,1-3H3,(H,13,18)/t8-,9+,10-/m0/s1. The second-order valence-corrected chi connectivity index (χ2v) is 6.26. The molecule has 0 radical (unpaired) electrons. The molecule has 0 aliphatic heterocycles. The molecule has 1 saturated carbocycles. The SMILES string of the molecule is C[C@H]1[C@@H](NC(=O)CSc2nnnn2C)CCC[C@@H]1C. The summed E-state index contributed by atoms with van der Waals surface area (Å²) < 4.78 is 1.57. The number of rotatable bonds is 4. The van der Waals surface area contributed by atoms with Gasteiger partial charge in [0.15, 0.2) is 0 Å². The second kappa shape index (κ2) is 6.36. The first-order valence-electron chi connectivity index (χ1n) is 6.72. The van der Waals surface area contributed by atoms with Crippen molar-refractivity contribution in [3.05, 3.63) is 0 Å². The van der Waals surface area contributed by atoms with E-state index in [1.807, 2.05) is 0 Å². The third kappa shape index (κ3) is 3.68. The number of carbonyl (C=O) groups is 1. The van der Waals surface area contributed by atoms with Crippen LogP contribution in [0.3, 0.4) is 0 Å². The van der Waals surface area contributed by atoms with Gasteiger partial charge in [-0.3, -0.25) is 4.79 Å². The van der Waals surface area contributed by atoms with Gasteiger partial charge in [-0.2, -0.15) is 0 Å². The van der Waals surface area contributed by atoms with Gasteiger partial charge in [-0.25, -0.2) is 4.68 Å². The first-order valence-corrected chi connectivity index (χ1v) is 7.71. The lowest BCUT2D eigenvalue weighted by Gasteiger charge is -2.34. The zero-order valence-corrected chi connectivity index (χ0v) is 12.5. The van der Waals surface area contributed by atoms with E-state index in [9.17, 15) is 4.79 Å². The minimum Gasteiger partial charge on any atom is -0.352 e. The molecule has 1 heterocycles. The summed E-state index contributed by atoms with van der Waals surface area (Å²) in [6.07, 6.45) is 3.57. The molecule has 1 aromatic heterocycles. The first kappa shape index (κ1) is 14.3. The Hall–Kier alpha value is -1.11. The Bertz CT molecular complexity index is 436. The Labute approximate surface area is 117 Å². The third-order valence-corrected chi connectivity index (χ3v) is 4.98. The van der Waals surface area contributed by atoms with E-state index in [0.29, 0.717) is 28.8 Å². The Kier molecular flexibility index (Phi) is 4.79. The minimum absolute atomic E-state index is 0.0685. The van der Waals surface area contributed by atoms with Gasteiger partial charge in [0.1, 0.15) is 0 Å². The number of tetrazole rings is 1. The van der Waals surface area contributed by atoms with Crippen LogP contribution in [-0.4, -0.2) is 37.9 Å². The average Bonchev–Trinajstić information content (AvgIpc) is 2.78. The molecule has 3 atom stereocenters. The predicted octanol–water partition coefficient (Wildman–Crippen LogP) is 1.24. The molecule has 0 unspecified atom stereocenters. The molecule has 19 heavy (non-hydrogen) atoms. The second-order valence-electron chi connectivity index (χ2n) is 5.32. The van der Waals surface area contributed by atoms with E-state index in [1.165, 1.54) is 24.6 Å². The number of thioether (sulfide) groups is 1. The van der Waals surface area contributed by atoms with Crippen LogP contribution in [0.5, 0.6) is 0 Å². The highest BCUT2D eigenvalue weighted by Gasteiger charge is 2.28. The summed E-state index contributed by atoms with van der Waals surface area (Å²) in [7, 11) is 1.77. The molecule has 2 rings (SSSR count). The molecule has 1 aromatic rings. The lowest BCUT2D eigenvalue weighted by Crippen LogP contribution is -2.44. The maximum absolute atomic E-state index is 12.0. The normalized spacial score (nSPS) is 27.2. The van der Waals surface area contributed by atoms with Crippen LogP contribution in [0.25, 0.3) is 0 Å². The fraction of sp³-hybridized carbons (Fsp3) is 0.833. The number of nitrogens with zero attached hydrogens (tertiary/aromatic N) is 4. The van der Waals surface area contributed by atoms with Crippen molar-refractivity contribution >= 4 is 17.7 Å². The van der Waals surface area contributed by atoms with Gasteiger partial charge >= 0.3 is 0 Å². The number of amides is 1. The van der Waals surface area contributed by atoms with E-state index >= 15 is 0 Å². The Morgan fingerprint density at radius 2 is 2.26 bits per heavy atom. The van der Waals surface area contributed by atoms with Crippen LogP contribution in [0.4, 0.5) is 0 Å². The number of hydrogen-bond donors (Lipinski definition) is 1. The van der Waals surface area contributed by atoms with Crippen LogP contribution < -0.4 is 5.32 Å². The van der Waals surface area contributed by atoms with Gasteiger partial charge in [0.05, 0.1) is 5.75 Å². The molecule has 0 spiro atoms. The molecule has 1 fully saturated rings. The molecule has 0 saturated heterocycles. The van der Waals surface area contributed by atoms with Crippen molar-refractivity contribution in [3.63, 3.8) is 0 Å². The van der Waals surface area contributed by atoms with E-state index in [-0.39, 0.29) is 5.91 Å². The van der Waals surface area contributed by atoms with Gasteiger partial charge in [0.25, 0.3) is 0 Å². The van der Waals surface area contributed by atoms with E-state index in [4.69, 9.17) is 0 Å². The summed E-state index contributed by atoms with van der Waals surface area (Å²) in [5.41, 5.74) is 0. The summed E-state index contributed by atoms with van der Waals surface area (Å²) in [5.74, 6) is 1.68. The topological polar surface area (TPSA) is 72.7 Å². The maximum atomic E-state index is 12.0. The summed E-state index contributed by atoms with van der Waals surface area (Å²) >= 11 is 1.37. The fourth-order valence-electron chi connectivity index (χ4n) is 2.51. The number of carbonyl (C=O) groups excluding carboxylic acids is 1. The maximum Gasteiger partial charge on any atom is 0.230 e. The fourth-order valence-corrected chi connectivity index (χ4v) is 3.17. The average molecular weight is 283 g/mol. The molecule has 106 valence electrons. The van der Waals surface area contributed by atoms with Crippen molar-refractivity contribution in [1.29, 1.82) is 0 Å². The van der Waals surface area contributed by atoms with Crippen molar-refractivity contribution in [2.45, 2.75) is 44.3 Å². The summed E-state index contributed by atoms with van der Waals surface area (Å²) in [6, 6.07) is 0.314. The Balaban J connectivity index is 1.79. The van der Waals surface area contributed by atoms with Gasteiger partial charge < -0.3 is 5.32 Å². The zero-order valence-electron chi connectivity index (χ0n) is 11.7. The van der Waals surface area contributed by atoms with Crippen molar-refractivity contribution in [3.8, 4) is 0 Å². The highest BCUT2D eigenvalue weighted by Crippen LogP contribution is 2.29. The lowest BCUT2D eigenvalue weighted by atomic mass is 9.78. The molecule has 6 nitrogen and oxygen atoms in total. The summed E-state index contributed by atoms with van der Waals surface area (Å²) in [6.45, 7) is 4.50. The van der Waals surface area contributed by atoms with Gasteiger partial charge in [-0.05, 0) is 28.7 Å². The highest BCUT2D eigenvalue weighted by molar-refractivity contribution is 7.99. The van der Waals surface area contributed by atoms with Crippen molar-refractivity contribution in [1.82, 2.24) is 25.5 Å². The van der Waals surface area contributed by atoms with Crippen molar-refractivity contribution in [2.75, 3.05) is 5.75 Å². The monoisotopic (exact) mass is 283 g/mol. The van der Waals surface area contributed by atoms with E-state index < -0.39 is 0 Å². The first-order chi connectivity index (χ1) is 9.08. The van der Waals surface area contributed by atoms with Crippen molar-refractivity contribution < 1.29 is 4.79 Å². The smallest absolute Gasteiger partial charge is 0.230 e. The largest absolute Gasteiger partial charge is 0.352 e. The number of aryl methyl sites for hydroxylation is 1. The van der Waals surface area contributed by atoms with Gasteiger partial charge in [-0.15, -0.1) is 5.10 Å². The minimum atomic E-state index is 0.0685. The van der Waals surface area contributed by atoms with Gasteiger partial charge in [0, 0.05) is 13.1 Å². The Morgan fingerprint density at radius 3 is 2.95 bits per heavy atom. The third-order valence-electron chi connectivity index (χ3n) is 3.97. The number of hydrogen-bond acceptors (Lipinski definition) is 5. The molecule has 1 aliphatic rings. The van der Waals surface area contributed by atoms with Crippen LogP contribution in [0.2, 0.25) is 0 Å². The van der Waals surface area contributed by atoms with Gasteiger partial charge in [-0.1, -0.05) is 38.5 Å². The molecule has 1 aliphatic carbocycles. The molecular weight excluding hydrogens is 262 g/mol. The van der Waals surface area contributed by atoms with E-state index in [1.54, 1.807) is 11.7 Å². The molecule has 7 heteroatoms. The highest BCUT2D eigenvalue weighted by atomic mass is 32.2. The van der Waals surface area contributed by atoms with Crippen LogP contribution in [0, 0.1) is 11.8 Å². The lowest BCUT2D eigenvalue weighted by molar-refractivity contribution is -0.120. The number of aromatic nitrogens is 4. The molecule has 1 amide bonds. The van der Waals surface area contributed by atoms with Crippen LogP contribution >= 0.6 is 11.8 Å². The number of nitrogens with one attached hydrogen (secondary N) is 1. The molecular formula is C12H21N5OS. The van der Waals surface area contributed by atoms with Gasteiger partial charge in [0.2, 0.25) is 11.1 Å². The Morgan fingerprint density at radius 1 is 1.47 bits per heavy atom. The summed E-state index contributed by atoms with van der Waals surface area (Å²) in [5, 5.41) is 14.9. The van der Waals surface area contributed by atoms with E-state index in [2.05, 4.69) is 34.7 Å². The predicted molar refractivity (Wildman–Crippen MR) is 73.6 cm³/mol. The van der Waals surface area contributed by atoms with Crippen molar-refractivity contribution in [2.24, 2.45) is 18.9 Å². The van der Waals surface area contributed by atoms with Crippen LogP contribution in [0.15, 0.2) is 5.16 Å². The summed E-state index contributed by atoms with van der Waals surface area (Å²) in [4.78, 5) is 12.0. The van der Waals surface area contributed by atoms with Crippen LogP contribution in [-0.2, 0) is 11.8 Å². The zero-order chi connectivity index (χ0) is 13.8. The molecule has 1 N–H and O–H groups in total. The quantitative estimate of drug-likeness (QED) is 0.842. The van der Waals surface area contributed by atoms with Crippen LogP contribution in [0.1, 0.15) is 33.1 Å². The molecule has 0 bridgehead atoms.